The van der Waals surface area contributed by atoms with Gasteiger partial charge in [-0.1, -0.05) is 24.6 Å². The van der Waals surface area contributed by atoms with E-state index in [1.807, 2.05) is 11.9 Å². The molecule has 21 heavy (non-hydrogen) atoms. The molecule has 116 valence electrons. The Morgan fingerprint density at radius 2 is 1.52 bits per heavy atom. The van der Waals surface area contributed by atoms with E-state index >= 15 is 0 Å². The molecule has 2 heterocycles. The summed E-state index contributed by atoms with van der Waals surface area (Å²) in [4.78, 5) is 4.14. The third-order valence-electron chi connectivity index (χ3n) is 5.01. The van der Waals surface area contributed by atoms with E-state index in [4.69, 9.17) is 0 Å². The van der Waals surface area contributed by atoms with E-state index in [2.05, 4.69) is 47.3 Å². The molecule has 2 aliphatic rings. The van der Waals surface area contributed by atoms with Gasteiger partial charge in [0.2, 0.25) is 0 Å². The Morgan fingerprint density at radius 3 is 2.14 bits per heavy atom. The van der Waals surface area contributed by atoms with Crippen molar-refractivity contribution in [2.75, 3.05) is 26.2 Å². The molecule has 0 aromatic heterocycles. The van der Waals surface area contributed by atoms with Crippen LogP contribution in [0.4, 0.5) is 0 Å². The molecular weight excluding hydrogens is 276 g/mol. The lowest BCUT2D eigenvalue weighted by atomic mass is 9.95. The summed E-state index contributed by atoms with van der Waals surface area (Å²) < 4.78 is 2.55. The number of likely N-dealkylation sites (tertiary alicyclic amines) is 1. The van der Waals surface area contributed by atoms with E-state index in [1.165, 1.54) is 62.3 Å². The van der Waals surface area contributed by atoms with Crippen LogP contribution in [0.1, 0.15) is 38.2 Å². The number of aryl methyl sites for hydroxylation is 1. The number of nitrogens with zero attached hydrogens (tertiary/aromatic N) is 2. The van der Waals surface area contributed by atoms with E-state index < -0.39 is 0 Å². The molecule has 0 atom stereocenters. The van der Waals surface area contributed by atoms with Crippen LogP contribution in [0.3, 0.4) is 0 Å². The Bertz CT molecular complexity index is 429. The molecule has 3 heteroatoms. The molecule has 1 aromatic rings. The lowest BCUT2D eigenvalue weighted by molar-refractivity contribution is 0.103. The molecule has 0 N–H and O–H groups in total. The molecule has 2 aliphatic heterocycles. The monoisotopic (exact) mass is 304 g/mol. The SMILES string of the molecule is Cc1ccc(SN2CCC(N3CCC(C)CC3)CC2)cc1. The molecule has 0 radical (unpaired) electrons. The Balaban J connectivity index is 1.45. The van der Waals surface area contributed by atoms with Crippen LogP contribution in [0.25, 0.3) is 0 Å². The van der Waals surface area contributed by atoms with Crippen molar-refractivity contribution in [3.8, 4) is 0 Å². The lowest BCUT2D eigenvalue weighted by Gasteiger charge is -2.41. The summed E-state index contributed by atoms with van der Waals surface area (Å²) >= 11 is 1.94. The van der Waals surface area contributed by atoms with Crippen LogP contribution in [0.15, 0.2) is 29.2 Å². The Hall–Kier alpha value is -0.510. The first-order chi connectivity index (χ1) is 10.2. The topological polar surface area (TPSA) is 6.48 Å². The molecule has 2 saturated heterocycles. The van der Waals surface area contributed by atoms with Crippen molar-refractivity contribution in [2.45, 2.75) is 50.5 Å². The summed E-state index contributed by atoms with van der Waals surface area (Å²) in [6.07, 6.45) is 5.48. The number of piperidine rings is 2. The maximum absolute atomic E-state index is 2.76. The minimum absolute atomic E-state index is 0.840. The average Bonchev–Trinajstić information content (AvgIpc) is 2.51. The zero-order valence-electron chi connectivity index (χ0n) is 13.4. The zero-order chi connectivity index (χ0) is 14.7. The zero-order valence-corrected chi connectivity index (χ0v) is 14.2. The second kappa shape index (κ2) is 7.17. The van der Waals surface area contributed by atoms with Crippen LogP contribution in [-0.2, 0) is 0 Å². The second-order valence-corrected chi connectivity index (χ2v) is 7.95. The van der Waals surface area contributed by atoms with E-state index in [1.54, 1.807) is 0 Å². The highest BCUT2D eigenvalue weighted by molar-refractivity contribution is 7.97. The van der Waals surface area contributed by atoms with E-state index in [9.17, 15) is 0 Å². The molecule has 0 aliphatic carbocycles. The van der Waals surface area contributed by atoms with Gasteiger partial charge in [0.05, 0.1) is 0 Å². The number of hydrogen-bond acceptors (Lipinski definition) is 3. The van der Waals surface area contributed by atoms with Gasteiger partial charge in [0, 0.05) is 24.0 Å². The number of rotatable bonds is 3. The summed E-state index contributed by atoms with van der Waals surface area (Å²) in [5, 5.41) is 0. The summed E-state index contributed by atoms with van der Waals surface area (Å²) in [5.41, 5.74) is 1.34. The molecule has 0 bridgehead atoms. The minimum Gasteiger partial charge on any atom is -0.300 e. The van der Waals surface area contributed by atoms with Crippen molar-refractivity contribution in [1.82, 2.24) is 9.21 Å². The van der Waals surface area contributed by atoms with Gasteiger partial charge in [0.1, 0.15) is 0 Å². The van der Waals surface area contributed by atoms with Gasteiger partial charge in [-0.15, -0.1) is 0 Å². The summed E-state index contributed by atoms with van der Waals surface area (Å²) in [6, 6.07) is 9.76. The maximum Gasteiger partial charge on any atom is 0.0230 e. The Kier molecular flexibility index (Phi) is 5.25. The van der Waals surface area contributed by atoms with Gasteiger partial charge in [-0.2, -0.15) is 0 Å². The predicted octanol–water partition coefficient (Wildman–Crippen LogP) is 4.20. The largest absolute Gasteiger partial charge is 0.300 e. The third kappa shape index (κ3) is 4.24. The highest BCUT2D eigenvalue weighted by atomic mass is 32.2. The van der Waals surface area contributed by atoms with Gasteiger partial charge in [-0.05, 0) is 75.7 Å². The summed E-state index contributed by atoms with van der Waals surface area (Å²) in [7, 11) is 0. The van der Waals surface area contributed by atoms with Crippen LogP contribution in [0, 0.1) is 12.8 Å². The van der Waals surface area contributed by atoms with Crippen LogP contribution < -0.4 is 0 Å². The van der Waals surface area contributed by atoms with Crippen molar-refractivity contribution in [3.05, 3.63) is 29.8 Å². The first-order valence-electron chi connectivity index (χ1n) is 8.44. The highest BCUT2D eigenvalue weighted by Gasteiger charge is 2.27. The Labute approximate surface area is 134 Å². The van der Waals surface area contributed by atoms with E-state index in [0.29, 0.717) is 0 Å². The average molecular weight is 305 g/mol. The molecule has 3 rings (SSSR count). The van der Waals surface area contributed by atoms with Gasteiger partial charge in [0.15, 0.2) is 0 Å². The minimum atomic E-state index is 0.840. The quantitative estimate of drug-likeness (QED) is 0.773. The van der Waals surface area contributed by atoms with Crippen molar-refractivity contribution >= 4 is 11.9 Å². The smallest absolute Gasteiger partial charge is 0.0230 e. The van der Waals surface area contributed by atoms with Gasteiger partial charge < -0.3 is 4.90 Å². The standard InChI is InChI=1S/C18H28N2S/c1-15-3-5-18(6-4-15)21-20-13-9-17(10-14-20)19-11-7-16(2)8-12-19/h3-6,16-17H,7-14H2,1-2H3. The van der Waals surface area contributed by atoms with Gasteiger partial charge in [-0.3, -0.25) is 0 Å². The van der Waals surface area contributed by atoms with Gasteiger partial charge in [0.25, 0.3) is 0 Å². The fourth-order valence-corrected chi connectivity index (χ4v) is 4.39. The Morgan fingerprint density at radius 1 is 0.905 bits per heavy atom. The molecule has 1 aromatic carbocycles. The van der Waals surface area contributed by atoms with Crippen molar-refractivity contribution in [1.29, 1.82) is 0 Å². The first kappa shape index (κ1) is 15.4. The lowest BCUT2D eigenvalue weighted by Crippen LogP contribution is -2.46. The highest BCUT2D eigenvalue weighted by Crippen LogP contribution is 2.29. The molecule has 0 unspecified atom stereocenters. The third-order valence-corrected chi connectivity index (χ3v) is 6.12. The van der Waals surface area contributed by atoms with Crippen LogP contribution >= 0.6 is 11.9 Å². The molecule has 2 nitrogen and oxygen atoms in total. The van der Waals surface area contributed by atoms with Crippen molar-refractivity contribution in [3.63, 3.8) is 0 Å². The van der Waals surface area contributed by atoms with Gasteiger partial charge >= 0.3 is 0 Å². The first-order valence-corrected chi connectivity index (χ1v) is 9.21. The maximum atomic E-state index is 2.76. The van der Waals surface area contributed by atoms with Crippen LogP contribution in [0.5, 0.6) is 0 Å². The van der Waals surface area contributed by atoms with Gasteiger partial charge in [-0.25, -0.2) is 4.31 Å². The number of hydrogen-bond donors (Lipinski definition) is 0. The van der Waals surface area contributed by atoms with Crippen LogP contribution in [-0.4, -0.2) is 41.4 Å². The van der Waals surface area contributed by atoms with Crippen LogP contribution in [0.2, 0.25) is 0 Å². The number of benzene rings is 1. The fraction of sp³-hybridized carbons (Fsp3) is 0.667. The normalized spacial score (nSPS) is 23.5. The molecule has 0 amide bonds. The molecule has 0 saturated carbocycles. The molecule has 0 spiro atoms. The predicted molar refractivity (Wildman–Crippen MR) is 91.6 cm³/mol. The van der Waals surface area contributed by atoms with E-state index in [-0.39, 0.29) is 0 Å². The van der Waals surface area contributed by atoms with Crippen molar-refractivity contribution < 1.29 is 0 Å². The molecular formula is C18H28N2S. The molecule has 2 fully saturated rings. The van der Waals surface area contributed by atoms with E-state index in [0.717, 1.165) is 12.0 Å². The summed E-state index contributed by atoms with van der Waals surface area (Å²) in [6.45, 7) is 9.68. The van der Waals surface area contributed by atoms with Crippen molar-refractivity contribution in [2.24, 2.45) is 5.92 Å². The second-order valence-electron chi connectivity index (χ2n) is 6.78. The summed E-state index contributed by atoms with van der Waals surface area (Å²) in [5.74, 6) is 0.943. The fourth-order valence-electron chi connectivity index (χ4n) is 3.44.